The number of carboxylic acid groups (broad SMARTS) is 1. The minimum absolute atomic E-state index is 0.174. The first-order chi connectivity index (χ1) is 7.63. The third-order valence-electron chi connectivity index (χ3n) is 2.92. The number of esters is 1. The first-order valence-electron chi connectivity index (χ1n) is 5.75. The lowest BCUT2D eigenvalue weighted by Gasteiger charge is -2.31. The van der Waals surface area contributed by atoms with E-state index in [2.05, 4.69) is 5.32 Å². The lowest BCUT2D eigenvalue weighted by atomic mass is 9.81. The zero-order valence-corrected chi connectivity index (χ0v) is 9.62. The second kappa shape index (κ2) is 5.84. The van der Waals surface area contributed by atoms with Gasteiger partial charge in [0.25, 0.3) is 0 Å². The number of nitrogens with one attached hydrogen (secondary N) is 1. The van der Waals surface area contributed by atoms with Crippen LogP contribution in [0.3, 0.4) is 0 Å². The van der Waals surface area contributed by atoms with Gasteiger partial charge in [-0.2, -0.15) is 0 Å². The summed E-state index contributed by atoms with van der Waals surface area (Å²) in [5, 5.41) is 12.1. The highest BCUT2D eigenvalue weighted by Crippen LogP contribution is 2.28. The van der Waals surface area contributed by atoms with Crippen LogP contribution in [0.4, 0.5) is 0 Å². The minimum atomic E-state index is -1.37. The van der Waals surface area contributed by atoms with E-state index in [1.54, 1.807) is 0 Å². The summed E-state index contributed by atoms with van der Waals surface area (Å²) in [6.07, 6.45) is 2.75. The number of carboxylic acids is 1. The van der Waals surface area contributed by atoms with Gasteiger partial charge in [0, 0.05) is 6.54 Å². The average Bonchev–Trinajstić information content (AvgIpc) is 2.30. The first-order valence-corrected chi connectivity index (χ1v) is 5.75. The lowest BCUT2D eigenvalue weighted by molar-refractivity contribution is -0.170. The smallest absolute Gasteiger partial charge is 0.324 e. The summed E-state index contributed by atoms with van der Waals surface area (Å²) in [4.78, 5) is 23.0. The molecule has 0 aromatic carbocycles. The van der Waals surface area contributed by atoms with Crippen LogP contribution in [0.5, 0.6) is 0 Å². The summed E-state index contributed by atoms with van der Waals surface area (Å²) in [6, 6.07) is 0. The number of carbonyl (C=O) groups is 2. The summed E-state index contributed by atoms with van der Waals surface area (Å²) >= 11 is 0. The monoisotopic (exact) mass is 229 g/mol. The molecule has 5 heteroatoms. The fourth-order valence-corrected chi connectivity index (χ4v) is 1.80. The Labute approximate surface area is 95.2 Å². The van der Waals surface area contributed by atoms with E-state index in [0.717, 1.165) is 19.4 Å². The molecule has 0 aromatic rings. The molecule has 1 unspecified atom stereocenters. The third kappa shape index (κ3) is 2.72. The highest BCUT2D eigenvalue weighted by molar-refractivity contribution is 5.99. The van der Waals surface area contributed by atoms with Gasteiger partial charge >= 0.3 is 11.9 Å². The topological polar surface area (TPSA) is 75.6 Å². The molecule has 1 aliphatic heterocycles. The highest BCUT2D eigenvalue weighted by Gasteiger charge is 2.48. The van der Waals surface area contributed by atoms with Crippen molar-refractivity contribution in [3.63, 3.8) is 0 Å². The second-order valence-corrected chi connectivity index (χ2v) is 4.16. The predicted molar refractivity (Wildman–Crippen MR) is 58.0 cm³/mol. The van der Waals surface area contributed by atoms with Crippen LogP contribution >= 0.6 is 0 Å². The molecule has 0 spiro atoms. The average molecular weight is 229 g/mol. The molecule has 1 heterocycles. The molecule has 1 fully saturated rings. The molecule has 0 aromatic heterocycles. The molecule has 1 rings (SSSR count). The number of carbonyl (C=O) groups excluding carboxylic acids is 1. The van der Waals surface area contributed by atoms with Gasteiger partial charge in [-0.05, 0) is 25.8 Å². The van der Waals surface area contributed by atoms with Crippen LogP contribution in [-0.2, 0) is 14.3 Å². The van der Waals surface area contributed by atoms with Crippen LogP contribution in [0.15, 0.2) is 0 Å². The van der Waals surface area contributed by atoms with Gasteiger partial charge < -0.3 is 15.2 Å². The van der Waals surface area contributed by atoms with E-state index in [9.17, 15) is 14.7 Å². The van der Waals surface area contributed by atoms with E-state index in [4.69, 9.17) is 4.74 Å². The molecular formula is C11H19NO4. The number of aliphatic carboxylic acids is 1. The van der Waals surface area contributed by atoms with E-state index in [-0.39, 0.29) is 6.54 Å². The van der Waals surface area contributed by atoms with Crippen molar-refractivity contribution in [2.75, 3.05) is 19.7 Å². The third-order valence-corrected chi connectivity index (χ3v) is 2.92. The molecule has 0 bridgehead atoms. The summed E-state index contributed by atoms with van der Waals surface area (Å²) in [7, 11) is 0. The molecule has 0 saturated carbocycles. The number of hydrogen-bond acceptors (Lipinski definition) is 4. The summed E-state index contributed by atoms with van der Waals surface area (Å²) in [6.45, 7) is 3.23. The number of unbranched alkanes of at least 4 members (excludes halogenated alkanes) is 1. The van der Waals surface area contributed by atoms with Gasteiger partial charge in [0.1, 0.15) is 0 Å². The van der Waals surface area contributed by atoms with Gasteiger partial charge in [0.2, 0.25) is 0 Å². The molecule has 92 valence electrons. The van der Waals surface area contributed by atoms with Crippen LogP contribution < -0.4 is 5.32 Å². The molecular weight excluding hydrogens is 210 g/mol. The Bertz CT molecular complexity index is 259. The quantitative estimate of drug-likeness (QED) is 0.414. The van der Waals surface area contributed by atoms with Crippen molar-refractivity contribution in [2.24, 2.45) is 5.41 Å². The predicted octanol–water partition coefficient (Wildman–Crippen LogP) is 0.784. The first kappa shape index (κ1) is 13.0. The van der Waals surface area contributed by atoms with Gasteiger partial charge in [-0.1, -0.05) is 13.3 Å². The van der Waals surface area contributed by atoms with E-state index in [1.807, 2.05) is 6.92 Å². The zero-order valence-electron chi connectivity index (χ0n) is 9.62. The Morgan fingerprint density at radius 2 is 2.25 bits per heavy atom. The number of hydrogen-bond donors (Lipinski definition) is 2. The van der Waals surface area contributed by atoms with E-state index in [0.29, 0.717) is 19.4 Å². The van der Waals surface area contributed by atoms with Gasteiger partial charge in [0.05, 0.1) is 6.61 Å². The van der Waals surface area contributed by atoms with Crippen molar-refractivity contribution >= 4 is 11.9 Å². The van der Waals surface area contributed by atoms with Gasteiger partial charge in [-0.25, -0.2) is 0 Å². The Hall–Kier alpha value is -1.10. The number of piperidine rings is 1. The standard InChI is InChI=1S/C11H19NO4/c1-2-3-7-16-10(15)11(9(13)14)5-4-6-12-8-11/h12H,2-8H2,1H3,(H,13,14). The maximum absolute atomic E-state index is 11.8. The van der Waals surface area contributed by atoms with Crippen LogP contribution in [-0.4, -0.2) is 36.7 Å². The van der Waals surface area contributed by atoms with E-state index in [1.165, 1.54) is 0 Å². The number of ether oxygens (including phenoxy) is 1. The molecule has 1 saturated heterocycles. The molecule has 0 amide bonds. The largest absolute Gasteiger partial charge is 0.480 e. The highest BCUT2D eigenvalue weighted by atomic mass is 16.5. The zero-order chi connectivity index (χ0) is 12.0. The maximum atomic E-state index is 11.8. The van der Waals surface area contributed by atoms with Crippen molar-refractivity contribution in [3.8, 4) is 0 Å². The van der Waals surface area contributed by atoms with Crippen molar-refractivity contribution in [1.29, 1.82) is 0 Å². The lowest BCUT2D eigenvalue weighted by Crippen LogP contribution is -2.51. The van der Waals surface area contributed by atoms with E-state index < -0.39 is 17.4 Å². The molecule has 16 heavy (non-hydrogen) atoms. The minimum Gasteiger partial charge on any atom is -0.480 e. The molecule has 2 N–H and O–H groups in total. The van der Waals surface area contributed by atoms with Crippen molar-refractivity contribution in [2.45, 2.75) is 32.6 Å². The Kier molecular flexibility index (Phi) is 4.73. The van der Waals surface area contributed by atoms with Crippen LogP contribution in [0.2, 0.25) is 0 Å². The molecule has 1 atom stereocenters. The molecule has 0 aliphatic carbocycles. The number of rotatable bonds is 5. The normalized spacial score (nSPS) is 25.1. The van der Waals surface area contributed by atoms with Gasteiger partial charge in [-0.3, -0.25) is 9.59 Å². The fraction of sp³-hybridized carbons (Fsp3) is 0.818. The van der Waals surface area contributed by atoms with Gasteiger partial charge in [-0.15, -0.1) is 0 Å². The summed E-state index contributed by atoms with van der Waals surface area (Å²) in [5.74, 6) is -1.68. The molecule has 5 nitrogen and oxygen atoms in total. The van der Waals surface area contributed by atoms with Gasteiger partial charge in [0.15, 0.2) is 5.41 Å². The van der Waals surface area contributed by atoms with Crippen molar-refractivity contribution in [3.05, 3.63) is 0 Å². The van der Waals surface area contributed by atoms with E-state index >= 15 is 0 Å². The van der Waals surface area contributed by atoms with Crippen LogP contribution in [0.25, 0.3) is 0 Å². The Morgan fingerprint density at radius 1 is 1.50 bits per heavy atom. The van der Waals surface area contributed by atoms with Crippen molar-refractivity contribution < 1.29 is 19.4 Å². The van der Waals surface area contributed by atoms with Crippen molar-refractivity contribution in [1.82, 2.24) is 5.32 Å². The second-order valence-electron chi connectivity index (χ2n) is 4.16. The summed E-state index contributed by atoms with van der Waals surface area (Å²) in [5.41, 5.74) is -1.37. The Morgan fingerprint density at radius 3 is 2.75 bits per heavy atom. The molecule has 0 radical (unpaired) electrons. The van der Waals surface area contributed by atoms with Crippen LogP contribution in [0, 0.1) is 5.41 Å². The summed E-state index contributed by atoms with van der Waals surface area (Å²) < 4.78 is 5.03. The SMILES string of the molecule is CCCCOC(=O)C1(C(=O)O)CCCNC1. The fourth-order valence-electron chi connectivity index (χ4n) is 1.80. The van der Waals surface area contributed by atoms with Crippen LogP contribution in [0.1, 0.15) is 32.6 Å². The maximum Gasteiger partial charge on any atom is 0.324 e. The molecule has 1 aliphatic rings. The Balaban J connectivity index is 2.61.